The highest BCUT2D eigenvalue weighted by Gasteiger charge is 2.22. The van der Waals surface area contributed by atoms with Crippen molar-refractivity contribution in [1.82, 2.24) is 14.8 Å². The van der Waals surface area contributed by atoms with Gasteiger partial charge in [-0.1, -0.05) is 11.6 Å². The van der Waals surface area contributed by atoms with E-state index < -0.39 is 0 Å². The van der Waals surface area contributed by atoms with Gasteiger partial charge in [-0.05, 0) is 22.0 Å². The second-order valence-electron chi connectivity index (χ2n) is 4.50. The first-order chi connectivity index (χ1) is 9.86. The van der Waals surface area contributed by atoms with Crippen LogP contribution in [0, 0.1) is 0 Å². The molecule has 21 heavy (non-hydrogen) atoms. The largest absolute Gasteiger partial charge is 0.383 e. The van der Waals surface area contributed by atoms with E-state index in [9.17, 15) is 9.59 Å². The predicted octanol–water partition coefficient (Wildman–Crippen LogP) is 1.67. The summed E-state index contributed by atoms with van der Waals surface area (Å²) in [6.45, 7) is 0.571. The number of methoxy groups -OCH3 is 1. The average molecular weight is 379 g/mol. The second kappa shape index (κ2) is 8.31. The van der Waals surface area contributed by atoms with Crippen LogP contribution in [0.3, 0.4) is 0 Å². The van der Waals surface area contributed by atoms with E-state index in [1.54, 1.807) is 20.2 Å². The highest BCUT2D eigenvalue weighted by atomic mass is 79.9. The zero-order valence-electron chi connectivity index (χ0n) is 12.1. The third-order valence-corrected chi connectivity index (χ3v) is 3.45. The van der Waals surface area contributed by atoms with E-state index in [2.05, 4.69) is 20.9 Å². The zero-order chi connectivity index (χ0) is 16.0. The molecule has 0 atom stereocenters. The molecule has 2 amide bonds. The Morgan fingerprint density at radius 1 is 1.43 bits per heavy atom. The summed E-state index contributed by atoms with van der Waals surface area (Å²) < 4.78 is 5.62. The minimum absolute atomic E-state index is 0.0436. The zero-order valence-corrected chi connectivity index (χ0v) is 14.4. The highest BCUT2D eigenvalue weighted by Crippen LogP contribution is 2.19. The topological polar surface area (TPSA) is 62.7 Å². The number of rotatable bonds is 6. The standard InChI is InChI=1S/C13H17BrClN3O3/c1-17(2)11(19)8-18(4-5-21-3)13(20)10-6-9(14)7-16-12(10)15/h6-7H,4-5,8H2,1-3H3. The number of carbonyl (C=O) groups is 2. The lowest BCUT2D eigenvalue weighted by molar-refractivity contribution is -0.129. The summed E-state index contributed by atoms with van der Waals surface area (Å²) in [6, 6.07) is 1.58. The Morgan fingerprint density at radius 2 is 2.10 bits per heavy atom. The summed E-state index contributed by atoms with van der Waals surface area (Å²) in [5, 5.41) is 0.0999. The molecule has 0 saturated carbocycles. The van der Waals surface area contributed by atoms with E-state index in [4.69, 9.17) is 16.3 Å². The number of likely N-dealkylation sites (N-methyl/N-ethyl adjacent to an activating group) is 1. The number of pyridine rings is 1. The van der Waals surface area contributed by atoms with Crippen LogP contribution in [0.15, 0.2) is 16.7 Å². The summed E-state index contributed by atoms with van der Waals surface area (Å²) in [7, 11) is 4.80. The molecule has 1 aromatic rings. The Kier molecular flexibility index (Phi) is 7.07. The molecule has 0 aliphatic rings. The summed E-state index contributed by atoms with van der Waals surface area (Å²) in [6.07, 6.45) is 1.50. The summed E-state index contributed by atoms with van der Waals surface area (Å²) in [5.41, 5.74) is 0.244. The Morgan fingerprint density at radius 3 is 2.67 bits per heavy atom. The number of amides is 2. The fourth-order valence-corrected chi connectivity index (χ4v) is 2.02. The fraction of sp³-hybridized carbons (Fsp3) is 0.462. The van der Waals surface area contributed by atoms with Crippen LogP contribution in [0.2, 0.25) is 5.15 Å². The van der Waals surface area contributed by atoms with Gasteiger partial charge in [0.1, 0.15) is 11.7 Å². The van der Waals surface area contributed by atoms with Gasteiger partial charge in [0.05, 0.1) is 12.2 Å². The van der Waals surface area contributed by atoms with Crippen molar-refractivity contribution < 1.29 is 14.3 Å². The minimum Gasteiger partial charge on any atom is -0.383 e. The molecule has 0 aliphatic carbocycles. The molecule has 0 aliphatic heterocycles. The Bertz CT molecular complexity index is 525. The van der Waals surface area contributed by atoms with Crippen molar-refractivity contribution in [3.05, 3.63) is 27.5 Å². The summed E-state index contributed by atoms with van der Waals surface area (Å²) in [5.74, 6) is -0.542. The van der Waals surface area contributed by atoms with Crippen molar-refractivity contribution in [1.29, 1.82) is 0 Å². The molecule has 1 heterocycles. The van der Waals surface area contributed by atoms with Gasteiger partial charge in [0, 0.05) is 38.4 Å². The van der Waals surface area contributed by atoms with Gasteiger partial charge >= 0.3 is 0 Å². The smallest absolute Gasteiger partial charge is 0.257 e. The molecule has 0 aromatic carbocycles. The lowest BCUT2D eigenvalue weighted by Gasteiger charge is -2.23. The number of ether oxygens (including phenoxy) is 1. The van der Waals surface area contributed by atoms with Crippen LogP contribution in [0.25, 0.3) is 0 Å². The number of hydrogen-bond acceptors (Lipinski definition) is 4. The highest BCUT2D eigenvalue weighted by molar-refractivity contribution is 9.10. The first-order valence-electron chi connectivity index (χ1n) is 6.16. The van der Waals surface area contributed by atoms with Crippen molar-refractivity contribution in [2.45, 2.75) is 0 Å². The van der Waals surface area contributed by atoms with Crippen molar-refractivity contribution in [3.63, 3.8) is 0 Å². The first-order valence-corrected chi connectivity index (χ1v) is 7.33. The van der Waals surface area contributed by atoms with E-state index in [1.807, 2.05) is 0 Å². The summed E-state index contributed by atoms with van der Waals surface area (Å²) >= 11 is 9.21. The van der Waals surface area contributed by atoms with Crippen molar-refractivity contribution in [2.75, 3.05) is 40.9 Å². The molecule has 0 N–H and O–H groups in total. The van der Waals surface area contributed by atoms with E-state index in [1.165, 1.54) is 23.1 Å². The fourth-order valence-electron chi connectivity index (χ4n) is 1.50. The number of aromatic nitrogens is 1. The van der Waals surface area contributed by atoms with Gasteiger partial charge < -0.3 is 14.5 Å². The predicted molar refractivity (Wildman–Crippen MR) is 83.4 cm³/mol. The van der Waals surface area contributed by atoms with Crippen LogP contribution >= 0.6 is 27.5 Å². The number of halogens is 2. The van der Waals surface area contributed by atoms with Gasteiger partial charge in [-0.25, -0.2) is 4.98 Å². The molecule has 1 aromatic heterocycles. The third kappa shape index (κ3) is 5.26. The quantitative estimate of drug-likeness (QED) is 0.707. The maximum absolute atomic E-state index is 12.5. The van der Waals surface area contributed by atoms with Gasteiger partial charge in [0.25, 0.3) is 5.91 Å². The van der Waals surface area contributed by atoms with Crippen LogP contribution in [0.4, 0.5) is 0 Å². The van der Waals surface area contributed by atoms with Crippen molar-refractivity contribution in [3.8, 4) is 0 Å². The van der Waals surface area contributed by atoms with E-state index in [0.29, 0.717) is 11.1 Å². The van der Waals surface area contributed by atoms with Crippen LogP contribution in [-0.2, 0) is 9.53 Å². The Balaban J connectivity index is 2.98. The first kappa shape index (κ1) is 17.9. The van der Waals surface area contributed by atoms with Gasteiger partial charge in [0.15, 0.2) is 0 Å². The normalized spacial score (nSPS) is 10.3. The van der Waals surface area contributed by atoms with Crippen LogP contribution in [0.1, 0.15) is 10.4 Å². The Labute approximate surface area is 137 Å². The molecule has 0 bridgehead atoms. The molecule has 8 heteroatoms. The lowest BCUT2D eigenvalue weighted by atomic mass is 10.2. The Hall–Kier alpha value is -1.18. The minimum atomic E-state index is -0.360. The molecule has 0 fully saturated rings. The molecule has 116 valence electrons. The van der Waals surface area contributed by atoms with Crippen LogP contribution in [0.5, 0.6) is 0 Å². The average Bonchev–Trinajstić information content (AvgIpc) is 2.44. The van der Waals surface area contributed by atoms with Gasteiger partial charge in [-0.15, -0.1) is 0 Å². The van der Waals surface area contributed by atoms with E-state index >= 15 is 0 Å². The number of carbonyl (C=O) groups excluding carboxylic acids is 2. The molecule has 0 saturated heterocycles. The molecule has 0 spiro atoms. The molecule has 6 nitrogen and oxygen atoms in total. The van der Waals surface area contributed by atoms with Crippen molar-refractivity contribution >= 4 is 39.3 Å². The lowest BCUT2D eigenvalue weighted by Crippen LogP contribution is -2.42. The van der Waals surface area contributed by atoms with Crippen LogP contribution in [-0.4, -0.2) is 67.5 Å². The molecule has 0 radical (unpaired) electrons. The van der Waals surface area contributed by atoms with Crippen molar-refractivity contribution in [2.24, 2.45) is 0 Å². The monoisotopic (exact) mass is 377 g/mol. The second-order valence-corrected chi connectivity index (χ2v) is 5.77. The molecule has 0 unspecified atom stereocenters. The van der Waals surface area contributed by atoms with Crippen LogP contribution < -0.4 is 0 Å². The maximum atomic E-state index is 12.5. The van der Waals surface area contributed by atoms with E-state index in [0.717, 1.165) is 0 Å². The third-order valence-electron chi connectivity index (χ3n) is 2.71. The van der Waals surface area contributed by atoms with Gasteiger partial charge in [0.2, 0.25) is 5.91 Å². The van der Waals surface area contributed by atoms with Gasteiger partial charge in [-0.3, -0.25) is 9.59 Å². The summed E-state index contributed by atoms with van der Waals surface area (Å²) in [4.78, 5) is 31.1. The van der Waals surface area contributed by atoms with Gasteiger partial charge in [-0.2, -0.15) is 0 Å². The SMILES string of the molecule is COCCN(CC(=O)N(C)C)C(=O)c1cc(Br)cnc1Cl. The number of nitrogens with zero attached hydrogens (tertiary/aromatic N) is 3. The number of hydrogen-bond donors (Lipinski definition) is 0. The molecular formula is C13H17BrClN3O3. The maximum Gasteiger partial charge on any atom is 0.257 e. The van der Waals surface area contributed by atoms with E-state index in [-0.39, 0.29) is 35.6 Å². The molecule has 1 rings (SSSR count). The molecular weight excluding hydrogens is 362 g/mol.